The molecule has 0 aliphatic carbocycles. The molecule has 0 saturated carbocycles. The number of furan rings is 1. The quantitative estimate of drug-likeness (QED) is 0.178. The van der Waals surface area contributed by atoms with Gasteiger partial charge in [-0.1, -0.05) is 127 Å². The van der Waals surface area contributed by atoms with Gasteiger partial charge in [0.25, 0.3) is 0 Å². The van der Waals surface area contributed by atoms with Gasteiger partial charge in [-0.25, -0.2) is 0 Å². The summed E-state index contributed by atoms with van der Waals surface area (Å²) in [7, 11) is 0. The van der Waals surface area contributed by atoms with Gasteiger partial charge in [-0.05, 0) is 98.9 Å². The first-order valence-corrected chi connectivity index (χ1v) is 18.8. The first-order valence-electron chi connectivity index (χ1n) is 18.0. The molecule has 2 heterocycles. The molecule has 0 fully saturated rings. The predicted molar refractivity (Wildman–Crippen MR) is 227 cm³/mol. The Morgan fingerprint density at radius 2 is 1.02 bits per heavy atom. The summed E-state index contributed by atoms with van der Waals surface area (Å²) in [5.74, 6) is 0. The Labute approximate surface area is 310 Å². The molecule has 0 radical (unpaired) electrons. The molecular formula is C50H31NOS. The van der Waals surface area contributed by atoms with E-state index >= 15 is 0 Å². The van der Waals surface area contributed by atoms with Crippen LogP contribution in [0.15, 0.2) is 192 Å². The first-order chi connectivity index (χ1) is 26.2. The Morgan fingerprint density at radius 1 is 0.377 bits per heavy atom. The topological polar surface area (TPSA) is 16.4 Å². The summed E-state index contributed by atoms with van der Waals surface area (Å²) >= 11 is 1.85. The van der Waals surface area contributed by atoms with Crippen molar-refractivity contribution in [2.45, 2.75) is 0 Å². The third-order valence-corrected chi connectivity index (χ3v) is 11.8. The monoisotopic (exact) mass is 693 g/mol. The maximum Gasteiger partial charge on any atom is 0.143 e. The largest absolute Gasteiger partial charge is 0.455 e. The highest BCUT2D eigenvalue weighted by Crippen LogP contribution is 2.45. The van der Waals surface area contributed by atoms with E-state index in [-0.39, 0.29) is 0 Å². The Bertz CT molecular complexity index is 3170. The van der Waals surface area contributed by atoms with Gasteiger partial charge in [-0.15, -0.1) is 11.3 Å². The van der Waals surface area contributed by atoms with Crippen LogP contribution >= 0.6 is 11.3 Å². The molecule has 0 bridgehead atoms. The fourth-order valence-electron chi connectivity index (χ4n) is 8.06. The van der Waals surface area contributed by atoms with Crippen molar-refractivity contribution in [2.24, 2.45) is 0 Å². The second-order valence-electron chi connectivity index (χ2n) is 13.7. The highest BCUT2D eigenvalue weighted by molar-refractivity contribution is 7.25. The average Bonchev–Trinajstić information content (AvgIpc) is 3.79. The molecule has 248 valence electrons. The van der Waals surface area contributed by atoms with E-state index < -0.39 is 0 Å². The van der Waals surface area contributed by atoms with E-state index in [1.165, 1.54) is 52.8 Å². The van der Waals surface area contributed by atoms with Crippen molar-refractivity contribution in [3.63, 3.8) is 0 Å². The van der Waals surface area contributed by atoms with E-state index in [0.29, 0.717) is 0 Å². The van der Waals surface area contributed by atoms with Gasteiger partial charge in [0, 0.05) is 53.6 Å². The van der Waals surface area contributed by atoms with Crippen molar-refractivity contribution in [1.82, 2.24) is 0 Å². The average molecular weight is 694 g/mol. The summed E-state index contributed by atoms with van der Waals surface area (Å²) in [5, 5.41) is 9.67. The van der Waals surface area contributed by atoms with Gasteiger partial charge >= 0.3 is 0 Å². The molecule has 0 atom stereocenters. The van der Waals surface area contributed by atoms with Gasteiger partial charge in [-0.3, -0.25) is 0 Å². The van der Waals surface area contributed by atoms with Gasteiger partial charge in [0.2, 0.25) is 0 Å². The van der Waals surface area contributed by atoms with Crippen molar-refractivity contribution in [1.29, 1.82) is 0 Å². The minimum Gasteiger partial charge on any atom is -0.455 e. The van der Waals surface area contributed by atoms with E-state index in [1.54, 1.807) is 0 Å². The van der Waals surface area contributed by atoms with E-state index in [9.17, 15) is 0 Å². The van der Waals surface area contributed by atoms with Crippen LogP contribution in [0, 0.1) is 0 Å². The molecule has 9 aromatic carbocycles. The highest BCUT2D eigenvalue weighted by Gasteiger charge is 2.20. The minimum absolute atomic E-state index is 0.876. The number of hydrogen-bond acceptors (Lipinski definition) is 3. The molecule has 11 aromatic rings. The third kappa shape index (κ3) is 4.93. The van der Waals surface area contributed by atoms with Crippen LogP contribution in [0.3, 0.4) is 0 Å². The first kappa shape index (κ1) is 30.0. The van der Waals surface area contributed by atoms with Crippen LogP contribution < -0.4 is 4.90 Å². The molecule has 0 spiro atoms. The number of fused-ring (bicyclic) bond motifs is 9. The summed E-state index contributed by atoms with van der Waals surface area (Å²) in [6.07, 6.45) is 0. The van der Waals surface area contributed by atoms with E-state index in [1.807, 2.05) is 11.3 Å². The zero-order valence-electron chi connectivity index (χ0n) is 28.7. The number of benzene rings is 9. The summed E-state index contributed by atoms with van der Waals surface area (Å²) < 4.78 is 9.42. The van der Waals surface area contributed by atoms with Crippen molar-refractivity contribution in [3.8, 4) is 22.3 Å². The molecule has 0 aliphatic heterocycles. The van der Waals surface area contributed by atoms with Crippen molar-refractivity contribution in [2.75, 3.05) is 4.90 Å². The number of rotatable bonds is 5. The lowest BCUT2D eigenvalue weighted by Gasteiger charge is -2.26. The van der Waals surface area contributed by atoms with Gasteiger partial charge in [-0.2, -0.15) is 0 Å². The number of hydrogen-bond donors (Lipinski definition) is 0. The molecule has 3 heteroatoms. The molecule has 0 amide bonds. The zero-order chi connectivity index (χ0) is 34.9. The Balaban J connectivity index is 1.13. The van der Waals surface area contributed by atoms with E-state index in [4.69, 9.17) is 4.42 Å². The Hall–Kier alpha value is -6.68. The molecule has 2 aromatic heterocycles. The molecule has 0 aliphatic rings. The fraction of sp³-hybridized carbons (Fsp3) is 0. The van der Waals surface area contributed by atoms with Gasteiger partial charge < -0.3 is 9.32 Å². The second kappa shape index (κ2) is 11.9. The maximum atomic E-state index is 6.84. The maximum absolute atomic E-state index is 6.84. The summed E-state index contributed by atoms with van der Waals surface area (Å²) in [6, 6.07) is 68.0. The summed E-state index contributed by atoms with van der Waals surface area (Å²) in [4.78, 5) is 2.38. The van der Waals surface area contributed by atoms with Crippen LogP contribution in [0.5, 0.6) is 0 Å². The van der Waals surface area contributed by atoms with Crippen LogP contribution in [0.4, 0.5) is 17.1 Å². The molecule has 0 unspecified atom stereocenters. The molecule has 2 nitrogen and oxygen atoms in total. The second-order valence-corrected chi connectivity index (χ2v) is 14.8. The number of anilines is 3. The van der Waals surface area contributed by atoms with Crippen molar-refractivity contribution >= 4 is 92.1 Å². The van der Waals surface area contributed by atoms with Crippen molar-refractivity contribution < 1.29 is 4.42 Å². The van der Waals surface area contributed by atoms with Crippen LogP contribution in [-0.2, 0) is 0 Å². The predicted octanol–water partition coefficient (Wildman–Crippen LogP) is 15.1. The lowest BCUT2D eigenvalue weighted by Crippen LogP contribution is -2.09. The third-order valence-electron chi connectivity index (χ3n) is 10.6. The smallest absolute Gasteiger partial charge is 0.143 e. The van der Waals surface area contributed by atoms with Crippen molar-refractivity contribution in [3.05, 3.63) is 188 Å². The highest BCUT2D eigenvalue weighted by atomic mass is 32.1. The van der Waals surface area contributed by atoms with E-state index in [2.05, 4.69) is 193 Å². The van der Waals surface area contributed by atoms with Crippen LogP contribution in [0.2, 0.25) is 0 Å². The van der Waals surface area contributed by atoms with Gasteiger partial charge in [0.15, 0.2) is 0 Å². The SMILES string of the molecule is c1ccc(-c2ccc(N(c3ccc4c(c3)sc3ccccc34)c3ccc4oc5c(-c6ccc7ccccc7c6)cc6ccccc6c5c4c3)cc2)cc1. The number of nitrogens with zero attached hydrogens (tertiary/aromatic N) is 1. The van der Waals surface area contributed by atoms with E-state index in [0.717, 1.165) is 50.1 Å². The minimum atomic E-state index is 0.876. The molecule has 0 saturated heterocycles. The lowest BCUT2D eigenvalue weighted by molar-refractivity contribution is 0.670. The molecule has 11 rings (SSSR count). The van der Waals surface area contributed by atoms with Gasteiger partial charge in [0.1, 0.15) is 11.2 Å². The lowest BCUT2D eigenvalue weighted by atomic mass is 9.95. The normalized spacial score (nSPS) is 11.8. The molecule has 0 N–H and O–H groups in total. The van der Waals surface area contributed by atoms with Gasteiger partial charge in [0.05, 0.1) is 0 Å². The Morgan fingerprint density at radius 3 is 1.89 bits per heavy atom. The zero-order valence-corrected chi connectivity index (χ0v) is 29.5. The molecular weight excluding hydrogens is 663 g/mol. The summed E-state index contributed by atoms with van der Waals surface area (Å²) in [5.41, 5.74) is 9.73. The van der Waals surface area contributed by atoms with Crippen LogP contribution in [0.1, 0.15) is 0 Å². The van der Waals surface area contributed by atoms with Crippen LogP contribution in [-0.4, -0.2) is 0 Å². The fourth-order valence-corrected chi connectivity index (χ4v) is 9.20. The Kier molecular flexibility index (Phi) is 6.76. The molecule has 53 heavy (non-hydrogen) atoms. The van der Waals surface area contributed by atoms with Crippen LogP contribution in [0.25, 0.3) is 85.9 Å². The summed E-state index contributed by atoms with van der Waals surface area (Å²) in [6.45, 7) is 0. The number of thiophene rings is 1. The standard InChI is InChI=1S/C50H31NOS/c1-2-10-32(11-3-1)34-20-22-38(23-21-34)51(40-24-26-43-42-16-8-9-17-47(42)53-48(43)31-40)39-25-27-46-45(30-39)49-41-15-7-6-14-36(41)29-44(50(49)52-46)37-19-18-33-12-4-5-13-35(33)28-37/h1-31H.